The van der Waals surface area contributed by atoms with Gasteiger partial charge in [-0.05, 0) is 43.2 Å². The van der Waals surface area contributed by atoms with E-state index in [1.165, 1.54) is 31.2 Å². The topological polar surface area (TPSA) is 29.9 Å². The van der Waals surface area contributed by atoms with Gasteiger partial charge in [-0.15, -0.1) is 0 Å². The van der Waals surface area contributed by atoms with E-state index in [1.807, 2.05) is 17.9 Å². The number of nitrogens with zero attached hydrogens (tertiary/aromatic N) is 2. The summed E-state index contributed by atoms with van der Waals surface area (Å²) in [6.07, 6.45) is 10.9. The first-order valence-electron chi connectivity index (χ1n) is 7.43. The van der Waals surface area contributed by atoms with Crippen molar-refractivity contribution in [2.75, 3.05) is 6.54 Å². The van der Waals surface area contributed by atoms with Crippen LogP contribution < -0.4 is 5.32 Å². The van der Waals surface area contributed by atoms with E-state index in [4.69, 9.17) is 0 Å². The lowest BCUT2D eigenvalue weighted by Crippen LogP contribution is -2.37. The molecule has 1 aliphatic rings. The molecule has 1 N–H and O–H groups in total. The Labute approximate surface area is 111 Å². The van der Waals surface area contributed by atoms with Crippen molar-refractivity contribution in [2.24, 2.45) is 18.9 Å². The fraction of sp³-hybridized carbons (Fsp3) is 0.800. The number of likely N-dealkylation sites (N-methyl/N-ethyl adjacent to an activating group) is 1. The molecule has 1 aromatic rings. The molecule has 0 amide bonds. The molecule has 1 saturated carbocycles. The van der Waals surface area contributed by atoms with E-state index in [0.29, 0.717) is 6.04 Å². The third-order valence-electron chi connectivity index (χ3n) is 4.41. The summed E-state index contributed by atoms with van der Waals surface area (Å²) < 4.78 is 1.90. The SMILES string of the molecule is CCNC(Cc1cnn(C)c1)C1CCC(CC)C1. The predicted molar refractivity (Wildman–Crippen MR) is 75.5 cm³/mol. The van der Waals surface area contributed by atoms with E-state index in [2.05, 4.69) is 30.5 Å². The maximum Gasteiger partial charge on any atom is 0.0522 e. The van der Waals surface area contributed by atoms with E-state index in [1.54, 1.807) is 0 Å². The predicted octanol–water partition coefficient (Wildman–Crippen LogP) is 2.77. The quantitative estimate of drug-likeness (QED) is 0.840. The summed E-state index contributed by atoms with van der Waals surface area (Å²) in [5.74, 6) is 1.82. The average Bonchev–Trinajstić information content (AvgIpc) is 2.97. The largest absolute Gasteiger partial charge is 0.314 e. The van der Waals surface area contributed by atoms with Gasteiger partial charge >= 0.3 is 0 Å². The second-order valence-electron chi connectivity index (χ2n) is 5.74. The van der Waals surface area contributed by atoms with Crippen molar-refractivity contribution in [3.05, 3.63) is 18.0 Å². The van der Waals surface area contributed by atoms with Crippen molar-refractivity contribution < 1.29 is 0 Å². The van der Waals surface area contributed by atoms with Crippen LogP contribution in [0.1, 0.15) is 45.1 Å². The molecular formula is C15H27N3. The molecule has 2 rings (SSSR count). The van der Waals surface area contributed by atoms with Crippen LogP contribution in [0.4, 0.5) is 0 Å². The molecule has 1 aliphatic carbocycles. The smallest absolute Gasteiger partial charge is 0.0522 e. The number of nitrogens with one attached hydrogen (secondary N) is 1. The molecule has 0 saturated heterocycles. The third kappa shape index (κ3) is 3.35. The van der Waals surface area contributed by atoms with Crippen LogP contribution in [0.2, 0.25) is 0 Å². The second kappa shape index (κ2) is 6.37. The lowest BCUT2D eigenvalue weighted by Gasteiger charge is -2.24. The molecule has 102 valence electrons. The minimum absolute atomic E-state index is 0.635. The van der Waals surface area contributed by atoms with Crippen molar-refractivity contribution in [1.82, 2.24) is 15.1 Å². The normalized spacial score (nSPS) is 25.5. The molecule has 0 spiro atoms. The van der Waals surface area contributed by atoms with Gasteiger partial charge in [0.1, 0.15) is 0 Å². The van der Waals surface area contributed by atoms with Crippen LogP contribution in [0, 0.1) is 11.8 Å². The number of aromatic nitrogens is 2. The second-order valence-corrected chi connectivity index (χ2v) is 5.74. The Morgan fingerprint density at radius 3 is 2.83 bits per heavy atom. The van der Waals surface area contributed by atoms with Crippen LogP contribution in [-0.2, 0) is 13.5 Å². The van der Waals surface area contributed by atoms with Crippen LogP contribution in [0.15, 0.2) is 12.4 Å². The van der Waals surface area contributed by atoms with E-state index in [-0.39, 0.29) is 0 Å². The third-order valence-corrected chi connectivity index (χ3v) is 4.41. The lowest BCUT2D eigenvalue weighted by molar-refractivity contribution is 0.349. The fourth-order valence-electron chi connectivity index (χ4n) is 3.35. The number of hydrogen-bond donors (Lipinski definition) is 1. The highest BCUT2D eigenvalue weighted by Gasteiger charge is 2.29. The van der Waals surface area contributed by atoms with Gasteiger partial charge in [0.05, 0.1) is 6.20 Å². The van der Waals surface area contributed by atoms with Gasteiger partial charge in [0.25, 0.3) is 0 Å². The molecule has 0 radical (unpaired) electrons. The summed E-state index contributed by atoms with van der Waals surface area (Å²) in [5, 5.41) is 7.97. The first kappa shape index (κ1) is 13.6. The molecule has 3 heteroatoms. The van der Waals surface area contributed by atoms with E-state index in [0.717, 1.165) is 24.8 Å². The van der Waals surface area contributed by atoms with Gasteiger partial charge in [0, 0.05) is 19.3 Å². The molecule has 0 aliphatic heterocycles. The maximum atomic E-state index is 4.28. The highest BCUT2D eigenvalue weighted by atomic mass is 15.2. The van der Waals surface area contributed by atoms with Gasteiger partial charge < -0.3 is 5.32 Å². The highest BCUT2D eigenvalue weighted by Crippen LogP contribution is 2.35. The van der Waals surface area contributed by atoms with Crippen molar-refractivity contribution >= 4 is 0 Å². The molecule has 0 bridgehead atoms. The van der Waals surface area contributed by atoms with Crippen molar-refractivity contribution in [3.63, 3.8) is 0 Å². The minimum Gasteiger partial charge on any atom is -0.314 e. The van der Waals surface area contributed by atoms with Crippen LogP contribution in [0.5, 0.6) is 0 Å². The van der Waals surface area contributed by atoms with Crippen molar-refractivity contribution in [2.45, 2.75) is 52.0 Å². The molecule has 3 atom stereocenters. The van der Waals surface area contributed by atoms with E-state index in [9.17, 15) is 0 Å². The Balaban J connectivity index is 1.95. The Kier molecular flexibility index (Phi) is 4.81. The first-order chi connectivity index (χ1) is 8.72. The molecule has 0 aromatic carbocycles. The Hall–Kier alpha value is -0.830. The van der Waals surface area contributed by atoms with Crippen LogP contribution in [-0.4, -0.2) is 22.4 Å². The average molecular weight is 249 g/mol. The molecule has 1 aromatic heterocycles. The first-order valence-corrected chi connectivity index (χ1v) is 7.43. The fourth-order valence-corrected chi connectivity index (χ4v) is 3.35. The van der Waals surface area contributed by atoms with Crippen LogP contribution in [0.25, 0.3) is 0 Å². The number of hydrogen-bond acceptors (Lipinski definition) is 2. The van der Waals surface area contributed by atoms with E-state index < -0.39 is 0 Å². The summed E-state index contributed by atoms with van der Waals surface area (Å²) in [4.78, 5) is 0. The van der Waals surface area contributed by atoms with Gasteiger partial charge in [0.2, 0.25) is 0 Å². The monoisotopic (exact) mass is 249 g/mol. The Morgan fingerprint density at radius 2 is 2.28 bits per heavy atom. The zero-order valence-corrected chi connectivity index (χ0v) is 12.0. The van der Waals surface area contributed by atoms with Crippen molar-refractivity contribution in [3.8, 4) is 0 Å². The van der Waals surface area contributed by atoms with Crippen LogP contribution >= 0.6 is 0 Å². The maximum absolute atomic E-state index is 4.28. The lowest BCUT2D eigenvalue weighted by atomic mass is 9.91. The van der Waals surface area contributed by atoms with Crippen LogP contribution in [0.3, 0.4) is 0 Å². The summed E-state index contributed by atoms with van der Waals surface area (Å²) in [6, 6.07) is 0.635. The molecule has 1 heterocycles. The Bertz CT molecular complexity index is 358. The van der Waals surface area contributed by atoms with Gasteiger partial charge in [-0.2, -0.15) is 5.10 Å². The Morgan fingerprint density at radius 1 is 1.44 bits per heavy atom. The van der Waals surface area contributed by atoms with Gasteiger partial charge in [-0.25, -0.2) is 0 Å². The zero-order valence-electron chi connectivity index (χ0n) is 12.0. The molecular weight excluding hydrogens is 222 g/mol. The van der Waals surface area contributed by atoms with Gasteiger partial charge in [-0.3, -0.25) is 4.68 Å². The highest BCUT2D eigenvalue weighted by molar-refractivity contribution is 5.07. The zero-order chi connectivity index (χ0) is 13.0. The van der Waals surface area contributed by atoms with Gasteiger partial charge in [0.15, 0.2) is 0 Å². The summed E-state index contributed by atoms with van der Waals surface area (Å²) in [5.41, 5.74) is 1.36. The number of aryl methyl sites for hydroxylation is 1. The van der Waals surface area contributed by atoms with Gasteiger partial charge in [-0.1, -0.05) is 26.7 Å². The minimum atomic E-state index is 0.635. The summed E-state index contributed by atoms with van der Waals surface area (Å²) >= 11 is 0. The standard InChI is InChI=1S/C15H27N3/c1-4-12-6-7-14(8-12)15(16-5-2)9-13-10-17-18(3)11-13/h10-12,14-16H,4-9H2,1-3H3. The molecule has 3 unspecified atom stereocenters. The summed E-state index contributed by atoms with van der Waals surface area (Å²) in [6.45, 7) is 5.61. The molecule has 18 heavy (non-hydrogen) atoms. The molecule has 3 nitrogen and oxygen atoms in total. The summed E-state index contributed by atoms with van der Waals surface area (Å²) in [7, 11) is 1.99. The molecule has 1 fully saturated rings. The van der Waals surface area contributed by atoms with E-state index >= 15 is 0 Å². The number of rotatable bonds is 6. The van der Waals surface area contributed by atoms with Crippen molar-refractivity contribution in [1.29, 1.82) is 0 Å².